The Balaban J connectivity index is 0.000000370. The van der Waals surface area contributed by atoms with Crippen molar-refractivity contribution in [3.8, 4) is 11.5 Å². The van der Waals surface area contributed by atoms with Crippen LogP contribution in [0.25, 0.3) is 0 Å². The Labute approximate surface area is 153 Å². The number of rotatable bonds is 8. The van der Waals surface area contributed by atoms with Crippen LogP contribution in [-0.4, -0.2) is 10.2 Å². The molecule has 0 aliphatic heterocycles. The molecule has 25 heavy (non-hydrogen) atoms. The molecule has 0 heterocycles. The van der Waals surface area contributed by atoms with E-state index >= 15 is 0 Å². The Kier molecular flexibility index (Phi) is 10.5. The van der Waals surface area contributed by atoms with Crippen molar-refractivity contribution in [3.63, 3.8) is 0 Å². The van der Waals surface area contributed by atoms with Crippen LogP contribution >= 0.6 is 0 Å². The van der Waals surface area contributed by atoms with Crippen molar-refractivity contribution < 1.29 is 10.2 Å². The number of aromatic hydroxyl groups is 2. The van der Waals surface area contributed by atoms with Crippen molar-refractivity contribution >= 4 is 0 Å². The van der Waals surface area contributed by atoms with Gasteiger partial charge in [-0.15, -0.1) is 0 Å². The lowest BCUT2D eigenvalue weighted by molar-refractivity contribution is 0.465. The van der Waals surface area contributed by atoms with Crippen molar-refractivity contribution in [1.82, 2.24) is 0 Å². The zero-order valence-corrected chi connectivity index (χ0v) is 16.1. The smallest absolute Gasteiger partial charge is 0.119 e. The lowest BCUT2D eigenvalue weighted by Crippen LogP contribution is -2.01. The molecular formula is C23H34O2. The van der Waals surface area contributed by atoms with Gasteiger partial charge in [-0.05, 0) is 67.0 Å². The SMILES string of the molecule is CCCCc1c(O)ccc(CCC)c1CCCC.Oc1ccccc1. The van der Waals surface area contributed by atoms with Gasteiger partial charge in [0.2, 0.25) is 0 Å². The van der Waals surface area contributed by atoms with Gasteiger partial charge in [0.25, 0.3) is 0 Å². The summed E-state index contributed by atoms with van der Waals surface area (Å²) in [5.74, 6) is 0.830. The number of phenolic OH excluding ortho intramolecular Hbond substituents is 2. The van der Waals surface area contributed by atoms with E-state index < -0.39 is 0 Å². The molecule has 0 fully saturated rings. The van der Waals surface area contributed by atoms with E-state index in [1.54, 1.807) is 24.3 Å². The fourth-order valence-corrected chi connectivity index (χ4v) is 2.96. The quantitative estimate of drug-likeness (QED) is 0.581. The summed E-state index contributed by atoms with van der Waals surface area (Å²) in [6, 6.07) is 12.7. The molecule has 0 spiro atoms. The van der Waals surface area contributed by atoms with E-state index in [-0.39, 0.29) is 0 Å². The first-order valence-corrected chi connectivity index (χ1v) is 9.70. The zero-order chi connectivity index (χ0) is 18.5. The maximum Gasteiger partial charge on any atom is 0.119 e. The maximum absolute atomic E-state index is 10.1. The molecule has 0 saturated carbocycles. The second kappa shape index (κ2) is 12.4. The van der Waals surface area contributed by atoms with Gasteiger partial charge in [0.05, 0.1) is 0 Å². The number of para-hydroxylation sites is 1. The second-order valence-electron chi connectivity index (χ2n) is 6.49. The van der Waals surface area contributed by atoms with Crippen molar-refractivity contribution in [1.29, 1.82) is 0 Å². The van der Waals surface area contributed by atoms with Crippen LogP contribution in [0.1, 0.15) is 69.6 Å². The molecule has 2 nitrogen and oxygen atoms in total. The van der Waals surface area contributed by atoms with Crippen LogP contribution in [0.5, 0.6) is 11.5 Å². The highest BCUT2D eigenvalue weighted by atomic mass is 16.3. The lowest BCUT2D eigenvalue weighted by atomic mass is 9.91. The molecule has 2 N–H and O–H groups in total. The van der Waals surface area contributed by atoms with E-state index in [1.807, 2.05) is 12.1 Å². The highest BCUT2D eigenvalue weighted by molar-refractivity contribution is 5.45. The average Bonchev–Trinajstić information content (AvgIpc) is 2.62. The number of hydrogen-bond acceptors (Lipinski definition) is 2. The molecule has 0 aromatic heterocycles. The van der Waals surface area contributed by atoms with Crippen LogP contribution in [0.4, 0.5) is 0 Å². The summed E-state index contributed by atoms with van der Waals surface area (Å²) in [7, 11) is 0. The number of hydrogen-bond donors (Lipinski definition) is 2. The number of aryl methyl sites for hydroxylation is 1. The second-order valence-corrected chi connectivity index (χ2v) is 6.49. The van der Waals surface area contributed by atoms with Crippen molar-refractivity contribution in [2.75, 3.05) is 0 Å². The van der Waals surface area contributed by atoms with Crippen molar-refractivity contribution in [2.45, 2.75) is 72.1 Å². The van der Waals surface area contributed by atoms with Crippen molar-refractivity contribution in [2.24, 2.45) is 0 Å². The highest BCUT2D eigenvalue weighted by Gasteiger charge is 2.11. The first-order chi connectivity index (χ1) is 12.1. The molecule has 2 rings (SSSR count). The molecule has 2 aromatic carbocycles. The number of phenols is 2. The third kappa shape index (κ3) is 7.64. The van der Waals surface area contributed by atoms with Gasteiger partial charge in [-0.3, -0.25) is 0 Å². The minimum Gasteiger partial charge on any atom is -0.508 e. The van der Waals surface area contributed by atoms with Crippen LogP contribution in [0, 0.1) is 0 Å². The van der Waals surface area contributed by atoms with Gasteiger partial charge in [-0.2, -0.15) is 0 Å². The third-order valence-corrected chi connectivity index (χ3v) is 4.34. The molecular weight excluding hydrogens is 308 g/mol. The maximum atomic E-state index is 10.1. The van der Waals surface area contributed by atoms with Crippen molar-refractivity contribution in [3.05, 3.63) is 59.2 Å². The molecule has 0 unspecified atom stereocenters. The molecule has 0 amide bonds. The van der Waals surface area contributed by atoms with E-state index in [4.69, 9.17) is 5.11 Å². The summed E-state index contributed by atoms with van der Waals surface area (Å²) in [5, 5.41) is 18.7. The van der Waals surface area contributed by atoms with Crippen LogP contribution in [0.2, 0.25) is 0 Å². The molecule has 0 aliphatic carbocycles. The predicted molar refractivity (Wildman–Crippen MR) is 107 cm³/mol. The Bertz CT molecular complexity index is 591. The topological polar surface area (TPSA) is 40.5 Å². The Hall–Kier alpha value is -1.96. The van der Waals surface area contributed by atoms with Crippen LogP contribution in [0.15, 0.2) is 42.5 Å². The Morgan fingerprint density at radius 2 is 1.24 bits per heavy atom. The average molecular weight is 343 g/mol. The monoisotopic (exact) mass is 342 g/mol. The summed E-state index contributed by atoms with van der Waals surface area (Å²) in [4.78, 5) is 0. The van der Waals surface area contributed by atoms with Gasteiger partial charge in [0.15, 0.2) is 0 Å². The summed E-state index contributed by atoms with van der Waals surface area (Å²) in [6.07, 6.45) is 9.26. The van der Waals surface area contributed by atoms with E-state index in [0.29, 0.717) is 11.5 Å². The first-order valence-electron chi connectivity index (χ1n) is 9.70. The number of unbranched alkanes of at least 4 members (excludes halogenated alkanes) is 2. The fourth-order valence-electron chi connectivity index (χ4n) is 2.96. The van der Waals surface area contributed by atoms with Crippen LogP contribution < -0.4 is 0 Å². The van der Waals surface area contributed by atoms with Crippen LogP contribution in [0.3, 0.4) is 0 Å². The summed E-state index contributed by atoms with van der Waals surface area (Å²) in [6.45, 7) is 6.66. The Morgan fingerprint density at radius 1 is 0.640 bits per heavy atom. The van der Waals surface area contributed by atoms with Gasteiger partial charge in [0.1, 0.15) is 11.5 Å². The molecule has 0 atom stereocenters. The molecule has 0 bridgehead atoms. The van der Waals surface area contributed by atoms with E-state index in [0.717, 1.165) is 19.3 Å². The summed E-state index contributed by atoms with van der Waals surface area (Å²) in [5.41, 5.74) is 4.11. The summed E-state index contributed by atoms with van der Waals surface area (Å²) < 4.78 is 0. The minimum atomic E-state index is 0.322. The molecule has 0 saturated heterocycles. The Morgan fingerprint density at radius 3 is 1.72 bits per heavy atom. The van der Waals surface area contributed by atoms with Gasteiger partial charge >= 0.3 is 0 Å². The molecule has 138 valence electrons. The normalized spacial score (nSPS) is 10.2. The first kappa shape index (κ1) is 21.1. The molecule has 2 aromatic rings. The van der Waals surface area contributed by atoms with E-state index in [9.17, 15) is 5.11 Å². The van der Waals surface area contributed by atoms with Gasteiger partial charge in [-0.25, -0.2) is 0 Å². The molecule has 2 heteroatoms. The largest absolute Gasteiger partial charge is 0.508 e. The highest BCUT2D eigenvalue weighted by Crippen LogP contribution is 2.28. The van der Waals surface area contributed by atoms with E-state index in [2.05, 4.69) is 26.8 Å². The third-order valence-electron chi connectivity index (χ3n) is 4.34. The number of benzene rings is 2. The fraction of sp³-hybridized carbons (Fsp3) is 0.478. The van der Waals surface area contributed by atoms with E-state index in [1.165, 1.54) is 48.8 Å². The molecule has 0 radical (unpaired) electrons. The minimum absolute atomic E-state index is 0.322. The zero-order valence-electron chi connectivity index (χ0n) is 16.1. The van der Waals surface area contributed by atoms with Gasteiger partial charge < -0.3 is 10.2 Å². The van der Waals surface area contributed by atoms with Gasteiger partial charge in [0, 0.05) is 0 Å². The van der Waals surface area contributed by atoms with Gasteiger partial charge in [-0.1, -0.05) is 64.3 Å². The predicted octanol–water partition coefficient (Wildman–Crippen LogP) is 6.42. The molecule has 0 aliphatic rings. The summed E-state index contributed by atoms with van der Waals surface area (Å²) >= 11 is 0. The standard InChI is InChI=1S/C17H28O.C6H6O/c1-4-7-10-15-14(9-6-3)12-13-17(18)16(15)11-8-5-2;7-6-4-2-1-3-5-6/h12-13,18H,4-11H2,1-3H3;1-5,7H. The lowest BCUT2D eigenvalue weighted by Gasteiger charge is -2.16. The van der Waals surface area contributed by atoms with Crippen LogP contribution in [-0.2, 0) is 19.3 Å².